The molecular formula is C19H22N4O. The van der Waals surface area contributed by atoms with Crippen molar-refractivity contribution in [2.45, 2.75) is 19.4 Å². The lowest BCUT2D eigenvalue weighted by atomic mass is 9.98. The van der Waals surface area contributed by atoms with E-state index in [1.54, 1.807) is 6.20 Å². The fraction of sp³-hybridized carbons (Fsp3) is 0.263. The molecule has 0 saturated carbocycles. The number of hydrazine groups is 1. The minimum Gasteiger partial charge on any atom is -0.378 e. The average Bonchev–Trinajstić information content (AvgIpc) is 2.92. The maximum atomic E-state index is 11.7. The lowest BCUT2D eigenvalue weighted by molar-refractivity contribution is -0.108. The number of rotatable bonds is 5. The van der Waals surface area contributed by atoms with Crippen LogP contribution in [0.3, 0.4) is 0 Å². The van der Waals surface area contributed by atoms with Crippen LogP contribution in [0.25, 0.3) is 0 Å². The number of nitrogens with one attached hydrogen (secondary N) is 1. The number of aromatic nitrogens is 1. The number of carbonyl (C=O) groups is 1. The summed E-state index contributed by atoms with van der Waals surface area (Å²) in [5.41, 5.74) is 7.72. The number of carbonyl (C=O) groups excluding carboxylic acids is 1. The lowest BCUT2D eigenvalue weighted by Crippen LogP contribution is -2.41. The topological polar surface area (TPSA) is 48.5 Å². The molecule has 124 valence electrons. The molecule has 0 radical (unpaired) electrons. The van der Waals surface area contributed by atoms with Crippen LogP contribution in [0.2, 0.25) is 0 Å². The highest BCUT2D eigenvalue weighted by Gasteiger charge is 2.31. The monoisotopic (exact) mass is 322 g/mol. The zero-order valence-electron chi connectivity index (χ0n) is 14.2. The highest BCUT2D eigenvalue weighted by Crippen LogP contribution is 2.27. The zero-order valence-corrected chi connectivity index (χ0v) is 14.2. The van der Waals surface area contributed by atoms with Crippen LogP contribution in [0.4, 0.5) is 11.5 Å². The van der Waals surface area contributed by atoms with E-state index in [9.17, 15) is 4.79 Å². The fourth-order valence-corrected chi connectivity index (χ4v) is 2.91. The third-order valence-electron chi connectivity index (χ3n) is 4.28. The van der Waals surface area contributed by atoms with Gasteiger partial charge in [-0.15, -0.1) is 0 Å². The zero-order chi connectivity index (χ0) is 17.1. The number of allylic oxidation sites excluding steroid dienone is 1. The van der Waals surface area contributed by atoms with E-state index in [2.05, 4.69) is 39.6 Å². The van der Waals surface area contributed by atoms with Crippen LogP contribution >= 0.6 is 0 Å². The SMILES string of the molecule is CC1=C(Cc2ccc(N(C)C)cc2)C(C=O)N(c2ccccn2)N1. The molecule has 1 unspecified atom stereocenters. The largest absolute Gasteiger partial charge is 0.378 e. The van der Waals surface area contributed by atoms with Gasteiger partial charge in [-0.05, 0) is 48.7 Å². The Bertz CT molecular complexity index is 738. The maximum absolute atomic E-state index is 11.7. The molecule has 0 bridgehead atoms. The molecule has 2 aromatic rings. The van der Waals surface area contributed by atoms with Gasteiger partial charge in [0.25, 0.3) is 0 Å². The molecule has 0 aliphatic carbocycles. The van der Waals surface area contributed by atoms with Gasteiger partial charge in [0.05, 0.1) is 0 Å². The van der Waals surface area contributed by atoms with Gasteiger partial charge in [0.2, 0.25) is 0 Å². The van der Waals surface area contributed by atoms with Crippen LogP contribution < -0.4 is 15.3 Å². The normalized spacial score (nSPS) is 17.0. The molecule has 5 nitrogen and oxygen atoms in total. The summed E-state index contributed by atoms with van der Waals surface area (Å²) < 4.78 is 0. The number of hydrogen-bond acceptors (Lipinski definition) is 5. The van der Waals surface area contributed by atoms with Crippen LogP contribution in [0, 0.1) is 0 Å². The van der Waals surface area contributed by atoms with Gasteiger partial charge in [0.15, 0.2) is 0 Å². The van der Waals surface area contributed by atoms with Crippen LogP contribution in [-0.2, 0) is 11.2 Å². The van der Waals surface area contributed by atoms with Gasteiger partial charge in [0, 0.05) is 31.7 Å². The predicted octanol–water partition coefficient (Wildman–Crippen LogP) is 2.56. The molecule has 24 heavy (non-hydrogen) atoms. The average molecular weight is 322 g/mol. The first-order chi connectivity index (χ1) is 11.6. The predicted molar refractivity (Wildman–Crippen MR) is 96.9 cm³/mol. The van der Waals surface area contributed by atoms with E-state index < -0.39 is 0 Å². The van der Waals surface area contributed by atoms with E-state index in [1.165, 1.54) is 5.56 Å². The molecule has 1 atom stereocenters. The lowest BCUT2D eigenvalue weighted by Gasteiger charge is -2.23. The Hall–Kier alpha value is -2.82. The first kappa shape index (κ1) is 16.1. The van der Waals surface area contributed by atoms with Crippen molar-refractivity contribution in [3.8, 4) is 0 Å². The molecule has 1 aromatic heterocycles. The van der Waals surface area contributed by atoms with E-state index in [0.717, 1.165) is 35.5 Å². The molecule has 3 rings (SSSR count). The Balaban J connectivity index is 1.82. The standard InChI is InChI=1S/C19H22N4O/c1-14-17(12-15-7-9-16(10-8-15)22(2)3)18(13-24)23(21-14)19-6-4-5-11-20-19/h4-11,13,18,21H,12H2,1-3H3. The molecule has 1 aromatic carbocycles. The van der Waals surface area contributed by atoms with Gasteiger partial charge in [-0.1, -0.05) is 18.2 Å². The molecule has 0 spiro atoms. The Morgan fingerprint density at radius 2 is 1.96 bits per heavy atom. The number of pyridine rings is 1. The van der Waals surface area contributed by atoms with Gasteiger partial charge in [-0.25, -0.2) is 4.98 Å². The summed E-state index contributed by atoms with van der Waals surface area (Å²) in [6.07, 6.45) is 3.44. The summed E-state index contributed by atoms with van der Waals surface area (Å²) in [5.74, 6) is 0.743. The third kappa shape index (κ3) is 3.11. The molecule has 0 amide bonds. The summed E-state index contributed by atoms with van der Waals surface area (Å²) in [4.78, 5) is 18.1. The van der Waals surface area contributed by atoms with Crippen molar-refractivity contribution in [3.05, 3.63) is 65.5 Å². The second-order valence-electron chi connectivity index (χ2n) is 6.14. The number of hydrogen-bond donors (Lipinski definition) is 1. The molecule has 1 N–H and O–H groups in total. The number of nitrogens with zero attached hydrogens (tertiary/aromatic N) is 3. The molecule has 0 saturated heterocycles. The van der Waals surface area contributed by atoms with Crippen molar-refractivity contribution >= 4 is 17.8 Å². The van der Waals surface area contributed by atoms with Gasteiger partial charge >= 0.3 is 0 Å². The molecule has 0 fully saturated rings. The first-order valence-electron chi connectivity index (χ1n) is 7.98. The third-order valence-corrected chi connectivity index (χ3v) is 4.28. The smallest absolute Gasteiger partial charge is 0.148 e. The van der Waals surface area contributed by atoms with Crippen LogP contribution in [-0.4, -0.2) is 31.4 Å². The number of aldehydes is 1. The van der Waals surface area contributed by atoms with Crippen molar-refractivity contribution in [1.82, 2.24) is 10.4 Å². The minimum atomic E-state index is -0.339. The van der Waals surface area contributed by atoms with Crippen molar-refractivity contribution in [1.29, 1.82) is 0 Å². The van der Waals surface area contributed by atoms with Gasteiger partial charge < -0.3 is 15.1 Å². The summed E-state index contributed by atoms with van der Waals surface area (Å²) >= 11 is 0. The van der Waals surface area contributed by atoms with E-state index in [0.29, 0.717) is 0 Å². The molecular weight excluding hydrogens is 300 g/mol. The molecule has 1 aliphatic rings. The summed E-state index contributed by atoms with van der Waals surface area (Å²) in [6, 6.07) is 13.8. The van der Waals surface area contributed by atoms with Crippen LogP contribution in [0.15, 0.2) is 59.9 Å². The van der Waals surface area contributed by atoms with E-state index in [1.807, 2.05) is 44.2 Å². The fourth-order valence-electron chi connectivity index (χ4n) is 2.91. The highest BCUT2D eigenvalue weighted by atomic mass is 16.1. The van der Waals surface area contributed by atoms with Crippen molar-refractivity contribution < 1.29 is 4.79 Å². The number of benzene rings is 1. The van der Waals surface area contributed by atoms with Crippen LogP contribution in [0.1, 0.15) is 12.5 Å². The molecule has 2 heterocycles. The van der Waals surface area contributed by atoms with E-state index in [4.69, 9.17) is 0 Å². The maximum Gasteiger partial charge on any atom is 0.148 e. The molecule has 5 heteroatoms. The Kier molecular flexibility index (Phi) is 4.51. The highest BCUT2D eigenvalue weighted by molar-refractivity contribution is 5.72. The summed E-state index contributed by atoms with van der Waals surface area (Å²) in [5, 5.41) is 1.83. The van der Waals surface area contributed by atoms with Crippen LogP contribution in [0.5, 0.6) is 0 Å². The minimum absolute atomic E-state index is 0.339. The van der Waals surface area contributed by atoms with E-state index in [-0.39, 0.29) is 6.04 Å². The number of anilines is 2. The first-order valence-corrected chi connectivity index (χ1v) is 7.98. The summed E-state index contributed by atoms with van der Waals surface area (Å²) in [7, 11) is 4.05. The van der Waals surface area contributed by atoms with Crippen molar-refractivity contribution in [3.63, 3.8) is 0 Å². The Labute approximate surface area is 142 Å². The second kappa shape index (κ2) is 6.74. The van der Waals surface area contributed by atoms with Crippen molar-refractivity contribution in [2.24, 2.45) is 0 Å². The molecule has 1 aliphatic heterocycles. The Morgan fingerprint density at radius 3 is 2.54 bits per heavy atom. The Morgan fingerprint density at radius 1 is 1.21 bits per heavy atom. The quantitative estimate of drug-likeness (QED) is 0.857. The van der Waals surface area contributed by atoms with E-state index >= 15 is 0 Å². The second-order valence-corrected chi connectivity index (χ2v) is 6.14. The summed E-state index contributed by atoms with van der Waals surface area (Å²) in [6.45, 7) is 2.00. The van der Waals surface area contributed by atoms with Gasteiger partial charge in [-0.3, -0.25) is 5.01 Å². The van der Waals surface area contributed by atoms with Gasteiger partial charge in [0.1, 0.15) is 18.1 Å². The van der Waals surface area contributed by atoms with Gasteiger partial charge in [-0.2, -0.15) is 0 Å². The van der Waals surface area contributed by atoms with Crippen molar-refractivity contribution in [2.75, 3.05) is 24.0 Å².